The number of piperidine rings is 1. The molecule has 2 fully saturated rings. The first-order valence-electron chi connectivity index (χ1n) is 7.94. The molecule has 3 atom stereocenters. The van der Waals surface area contributed by atoms with Gasteiger partial charge in [0.25, 0.3) is 0 Å². The molecule has 1 N–H and O–H groups in total. The van der Waals surface area contributed by atoms with E-state index in [9.17, 15) is 8.42 Å². The maximum Gasteiger partial charge on any atom is 0.211 e. The van der Waals surface area contributed by atoms with E-state index in [0.717, 1.165) is 39.1 Å². The number of nitrogens with one attached hydrogen (secondary N) is 1. The van der Waals surface area contributed by atoms with Gasteiger partial charge in [-0.1, -0.05) is 6.07 Å². The normalized spacial score (nSPS) is 30.1. The van der Waals surface area contributed by atoms with E-state index in [2.05, 4.69) is 27.1 Å². The summed E-state index contributed by atoms with van der Waals surface area (Å²) in [6.45, 7) is 5.03. The summed E-state index contributed by atoms with van der Waals surface area (Å²) in [5, 5.41) is 2.09. The molecule has 0 bridgehead atoms. The zero-order valence-corrected chi connectivity index (χ0v) is 14.5. The number of ether oxygens (including phenoxy) is 1. The van der Waals surface area contributed by atoms with Gasteiger partial charge in [-0.2, -0.15) is 0 Å². The summed E-state index contributed by atoms with van der Waals surface area (Å²) < 4.78 is 32.7. The quantitative estimate of drug-likeness (QED) is 0.883. The molecule has 1 aromatic heterocycles. The Kier molecular flexibility index (Phi) is 5.19. The third-order valence-corrected chi connectivity index (χ3v) is 6.79. The molecule has 3 rings (SSSR count). The largest absolute Gasteiger partial charge is 0.376 e. The lowest BCUT2D eigenvalue weighted by atomic mass is 9.86. The summed E-state index contributed by atoms with van der Waals surface area (Å²) in [6.07, 6.45) is 2.21. The third-order valence-electron chi connectivity index (χ3n) is 4.51. The topological polar surface area (TPSA) is 58.6 Å². The van der Waals surface area contributed by atoms with Crippen LogP contribution in [0.4, 0.5) is 0 Å². The molecule has 7 heteroatoms. The van der Waals surface area contributed by atoms with Crippen LogP contribution >= 0.6 is 11.3 Å². The van der Waals surface area contributed by atoms with Crippen molar-refractivity contribution >= 4 is 21.4 Å². The molecule has 0 spiro atoms. The molecule has 0 saturated carbocycles. The lowest BCUT2D eigenvalue weighted by molar-refractivity contribution is -0.0822. The van der Waals surface area contributed by atoms with Gasteiger partial charge in [-0.05, 0) is 37.1 Å². The highest BCUT2D eigenvalue weighted by atomic mass is 32.2. The monoisotopic (exact) mass is 344 g/mol. The SMILES string of the molecule is CCS(=O)(=O)N[C@@H]1CN(Cc2cccs2)C[C@@H]2CCCO[C@@H]21. The summed E-state index contributed by atoms with van der Waals surface area (Å²) >= 11 is 1.75. The Hall–Kier alpha value is -0.470. The average molecular weight is 345 g/mol. The maximum atomic E-state index is 12.0. The van der Waals surface area contributed by atoms with Gasteiger partial charge in [-0.15, -0.1) is 11.3 Å². The van der Waals surface area contributed by atoms with Gasteiger partial charge in [0.15, 0.2) is 0 Å². The second kappa shape index (κ2) is 6.97. The zero-order chi connectivity index (χ0) is 15.6. The Morgan fingerprint density at radius 2 is 2.32 bits per heavy atom. The van der Waals surface area contributed by atoms with Gasteiger partial charge in [-0.25, -0.2) is 13.1 Å². The van der Waals surface area contributed by atoms with Crippen LogP contribution < -0.4 is 4.72 Å². The lowest BCUT2D eigenvalue weighted by Gasteiger charge is -2.45. The summed E-state index contributed by atoms with van der Waals surface area (Å²) in [7, 11) is -3.21. The number of fused-ring (bicyclic) bond motifs is 1. The Bertz CT molecular complexity index is 574. The van der Waals surface area contributed by atoms with Crippen LogP contribution in [0.25, 0.3) is 0 Å². The molecule has 0 aromatic carbocycles. The molecule has 0 aliphatic carbocycles. The minimum Gasteiger partial charge on any atom is -0.376 e. The fourth-order valence-electron chi connectivity index (χ4n) is 3.46. The van der Waals surface area contributed by atoms with Crippen LogP contribution in [0, 0.1) is 5.92 Å². The number of rotatable bonds is 5. The number of nitrogens with zero attached hydrogens (tertiary/aromatic N) is 1. The maximum absolute atomic E-state index is 12.0. The Labute approximate surface area is 136 Å². The van der Waals surface area contributed by atoms with Gasteiger partial charge in [0.2, 0.25) is 10.0 Å². The highest BCUT2D eigenvalue weighted by Gasteiger charge is 2.40. The fourth-order valence-corrected chi connectivity index (χ4v) is 5.05. The molecular weight excluding hydrogens is 320 g/mol. The second-order valence-electron chi connectivity index (χ2n) is 6.14. The van der Waals surface area contributed by atoms with Gasteiger partial charge in [0.1, 0.15) is 0 Å². The van der Waals surface area contributed by atoms with Crippen LogP contribution in [0.5, 0.6) is 0 Å². The Morgan fingerprint density at radius 3 is 3.05 bits per heavy atom. The van der Waals surface area contributed by atoms with E-state index >= 15 is 0 Å². The number of hydrogen-bond acceptors (Lipinski definition) is 5. The lowest BCUT2D eigenvalue weighted by Crippen LogP contribution is -2.60. The highest BCUT2D eigenvalue weighted by molar-refractivity contribution is 7.89. The molecule has 0 amide bonds. The van der Waals surface area contributed by atoms with E-state index in [0.29, 0.717) is 5.92 Å². The van der Waals surface area contributed by atoms with Crippen molar-refractivity contribution in [1.29, 1.82) is 0 Å². The third kappa shape index (κ3) is 3.89. The van der Waals surface area contributed by atoms with Crippen molar-refractivity contribution in [2.75, 3.05) is 25.4 Å². The van der Waals surface area contributed by atoms with Crippen molar-refractivity contribution in [2.45, 2.75) is 38.5 Å². The zero-order valence-electron chi connectivity index (χ0n) is 12.9. The van der Waals surface area contributed by atoms with Gasteiger partial charge in [0.05, 0.1) is 17.9 Å². The van der Waals surface area contributed by atoms with E-state index in [1.54, 1.807) is 18.3 Å². The van der Waals surface area contributed by atoms with Gasteiger partial charge in [0, 0.05) is 31.1 Å². The number of thiophene rings is 1. The smallest absolute Gasteiger partial charge is 0.211 e. The van der Waals surface area contributed by atoms with Gasteiger partial charge < -0.3 is 4.74 Å². The minimum atomic E-state index is -3.21. The Balaban J connectivity index is 1.73. The van der Waals surface area contributed by atoms with E-state index < -0.39 is 10.0 Å². The number of sulfonamides is 1. The molecule has 2 aliphatic heterocycles. The predicted octanol–water partition coefficient (Wildman–Crippen LogP) is 1.67. The summed E-state index contributed by atoms with van der Waals surface area (Å²) in [6, 6.07) is 4.07. The van der Waals surface area contributed by atoms with Crippen molar-refractivity contribution < 1.29 is 13.2 Å². The van der Waals surface area contributed by atoms with Crippen LogP contribution in [0.3, 0.4) is 0 Å². The van der Waals surface area contributed by atoms with E-state index in [1.165, 1.54) is 4.88 Å². The molecule has 2 saturated heterocycles. The summed E-state index contributed by atoms with van der Waals surface area (Å²) in [5.41, 5.74) is 0. The number of likely N-dealkylation sites (tertiary alicyclic amines) is 1. The van der Waals surface area contributed by atoms with Crippen LogP contribution in [0.15, 0.2) is 17.5 Å². The van der Waals surface area contributed by atoms with E-state index in [-0.39, 0.29) is 17.9 Å². The van der Waals surface area contributed by atoms with Crippen LogP contribution in [-0.4, -0.2) is 50.9 Å². The first-order valence-corrected chi connectivity index (χ1v) is 10.5. The molecule has 5 nitrogen and oxygen atoms in total. The minimum absolute atomic E-state index is 0.0228. The van der Waals surface area contributed by atoms with Crippen molar-refractivity contribution in [3.05, 3.63) is 22.4 Å². The highest BCUT2D eigenvalue weighted by Crippen LogP contribution is 2.30. The molecule has 22 heavy (non-hydrogen) atoms. The molecule has 0 unspecified atom stereocenters. The van der Waals surface area contributed by atoms with Crippen LogP contribution in [0.1, 0.15) is 24.6 Å². The van der Waals surface area contributed by atoms with Crippen molar-refractivity contribution in [2.24, 2.45) is 5.92 Å². The fraction of sp³-hybridized carbons (Fsp3) is 0.733. The molecule has 1 aromatic rings. The molecule has 124 valence electrons. The summed E-state index contributed by atoms with van der Waals surface area (Å²) in [5.74, 6) is 0.540. The van der Waals surface area contributed by atoms with Crippen molar-refractivity contribution in [3.8, 4) is 0 Å². The van der Waals surface area contributed by atoms with Crippen LogP contribution in [-0.2, 0) is 21.3 Å². The molecule has 3 heterocycles. The second-order valence-corrected chi connectivity index (χ2v) is 9.21. The Morgan fingerprint density at radius 1 is 1.45 bits per heavy atom. The van der Waals surface area contributed by atoms with Gasteiger partial charge >= 0.3 is 0 Å². The van der Waals surface area contributed by atoms with Crippen molar-refractivity contribution in [3.63, 3.8) is 0 Å². The molecular formula is C15H24N2O3S2. The predicted molar refractivity (Wildman–Crippen MR) is 88.4 cm³/mol. The van der Waals surface area contributed by atoms with Crippen molar-refractivity contribution in [1.82, 2.24) is 9.62 Å². The molecule has 0 radical (unpaired) electrons. The van der Waals surface area contributed by atoms with E-state index in [4.69, 9.17) is 4.74 Å². The number of hydrogen-bond donors (Lipinski definition) is 1. The van der Waals surface area contributed by atoms with E-state index in [1.807, 2.05) is 0 Å². The van der Waals surface area contributed by atoms with Gasteiger partial charge in [-0.3, -0.25) is 4.90 Å². The first-order chi connectivity index (χ1) is 10.6. The summed E-state index contributed by atoms with van der Waals surface area (Å²) in [4.78, 5) is 3.69. The standard InChI is InChI=1S/C15H24N2O3S2/c1-2-22(18,19)16-14-11-17(10-13-6-4-8-21-13)9-12-5-3-7-20-15(12)14/h4,6,8,12,14-16H,2-3,5,7,9-11H2,1H3/t12-,14+,15-/m0/s1. The average Bonchev–Trinajstić information content (AvgIpc) is 3.00. The van der Waals surface area contributed by atoms with Crippen LogP contribution in [0.2, 0.25) is 0 Å². The molecule has 2 aliphatic rings. The first kappa shape index (κ1) is 16.4.